The molecular formula is C25H27ClO2S. The number of aromatic carboxylic acids is 1. The van der Waals surface area contributed by atoms with Crippen LogP contribution in [-0.4, -0.2) is 16.5 Å². The fourth-order valence-electron chi connectivity index (χ4n) is 3.97. The average molecular weight is 427 g/mol. The highest BCUT2D eigenvalue weighted by atomic mass is 35.5. The highest BCUT2D eigenvalue weighted by molar-refractivity contribution is 7.13. The summed E-state index contributed by atoms with van der Waals surface area (Å²) in [5, 5.41) is 9.24. The van der Waals surface area contributed by atoms with Gasteiger partial charge in [-0.2, -0.15) is 0 Å². The van der Waals surface area contributed by atoms with Crippen LogP contribution in [0.4, 0.5) is 0 Å². The molecule has 1 heterocycles. The van der Waals surface area contributed by atoms with E-state index >= 15 is 0 Å². The summed E-state index contributed by atoms with van der Waals surface area (Å²) in [5.74, 6) is 6.78. The minimum absolute atomic E-state index is 0.186. The number of thiophene rings is 1. The summed E-state index contributed by atoms with van der Waals surface area (Å²) in [5.41, 5.74) is 2.37. The number of aryl methyl sites for hydroxylation is 2. The Morgan fingerprint density at radius 1 is 1.28 bits per heavy atom. The normalized spacial score (nSPS) is 20.8. The summed E-state index contributed by atoms with van der Waals surface area (Å²) in [6.07, 6.45) is 8.96. The monoisotopic (exact) mass is 426 g/mol. The first-order valence-corrected chi connectivity index (χ1v) is 11.5. The molecule has 1 N–H and O–H groups in total. The first-order valence-electron chi connectivity index (χ1n) is 10.2. The van der Waals surface area contributed by atoms with Crippen LogP contribution in [0.5, 0.6) is 0 Å². The Kier molecular flexibility index (Phi) is 7.98. The number of alkyl halides is 1. The molecule has 3 rings (SSSR count). The molecule has 3 atom stereocenters. The van der Waals surface area contributed by atoms with Crippen molar-refractivity contribution in [2.45, 2.75) is 50.3 Å². The first kappa shape index (κ1) is 21.7. The molecule has 1 saturated carbocycles. The predicted molar refractivity (Wildman–Crippen MR) is 122 cm³/mol. The van der Waals surface area contributed by atoms with Crippen molar-refractivity contribution in [3.05, 3.63) is 69.9 Å². The van der Waals surface area contributed by atoms with Gasteiger partial charge in [-0.3, -0.25) is 0 Å². The average Bonchev–Trinajstić information content (AvgIpc) is 3.33. The van der Waals surface area contributed by atoms with Crippen molar-refractivity contribution in [1.82, 2.24) is 0 Å². The Morgan fingerprint density at radius 3 is 2.90 bits per heavy atom. The van der Waals surface area contributed by atoms with E-state index in [0.29, 0.717) is 16.7 Å². The zero-order chi connectivity index (χ0) is 20.6. The Labute approximate surface area is 182 Å². The minimum Gasteiger partial charge on any atom is -0.477 e. The molecule has 1 fully saturated rings. The van der Waals surface area contributed by atoms with Gasteiger partial charge in [0.25, 0.3) is 0 Å². The van der Waals surface area contributed by atoms with Gasteiger partial charge in [0.05, 0.1) is 0 Å². The van der Waals surface area contributed by atoms with Crippen LogP contribution in [0.2, 0.25) is 0 Å². The van der Waals surface area contributed by atoms with E-state index in [4.69, 9.17) is 16.7 Å². The van der Waals surface area contributed by atoms with Crippen LogP contribution in [-0.2, 0) is 12.8 Å². The summed E-state index contributed by atoms with van der Waals surface area (Å²) in [4.78, 5) is 12.6. The van der Waals surface area contributed by atoms with E-state index in [0.717, 1.165) is 55.4 Å². The molecule has 4 heteroatoms. The summed E-state index contributed by atoms with van der Waals surface area (Å²) in [6.45, 7) is 3.79. The van der Waals surface area contributed by atoms with Crippen LogP contribution in [0, 0.1) is 23.7 Å². The largest absolute Gasteiger partial charge is 0.477 e. The molecule has 2 aromatic rings. The molecule has 0 unspecified atom stereocenters. The summed E-state index contributed by atoms with van der Waals surface area (Å²) in [7, 11) is 0. The molecular weight excluding hydrogens is 400 g/mol. The summed E-state index contributed by atoms with van der Waals surface area (Å²) < 4.78 is 0. The van der Waals surface area contributed by atoms with Gasteiger partial charge in [0.2, 0.25) is 0 Å². The molecule has 0 bridgehead atoms. The van der Waals surface area contributed by atoms with E-state index < -0.39 is 5.97 Å². The lowest BCUT2D eigenvalue weighted by Crippen LogP contribution is -2.14. The molecule has 1 aromatic carbocycles. The first-order chi connectivity index (χ1) is 14.1. The number of hydrogen-bond acceptors (Lipinski definition) is 2. The zero-order valence-corrected chi connectivity index (χ0v) is 18.1. The maximum atomic E-state index is 11.0. The number of carbonyl (C=O) groups is 1. The number of allylic oxidation sites excluding steroid dienone is 1. The fourth-order valence-corrected chi connectivity index (χ4v) is 5.28. The number of hydrogen-bond donors (Lipinski definition) is 1. The SMILES string of the molecule is C=CCCc1cccc(C#C[C@H]2CC[C@@H](Cl)[C@@H]2CCCc2ccc(C(=O)O)s2)c1. The van der Waals surface area contributed by atoms with Gasteiger partial charge in [0, 0.05) is 21.7 Å². The van der Waals surface area contributed by atoms with Crippen LogP contribution in [0.25, 0.3) is 0 Å². The molecule has 29 heavy (non-hydrogen) atoms. The molecule has 0 aliphatic heterocycles. The predicted octanol–water partition coefficient (Wildman–Crippen LogP) is 6.57. The van der Waals surface area contributed by atoms with Crippen LogP contribution in [0.15, 0.2) is 49.1 Å². The molecule has 1 aromatic heterocycles. The molecule has 0 saturated heterocycles. The van der Waals surface area contributed by atoms with Gasteiger partial charge < -0.3 is 5.11 Å². The topological polar surface area (TPSA) is 37.3 Å². The van der Waals surface area contributed by atoms with Crippen molar-refractivity contribution in [1.29, 1.82) is 0 Å². The third kappa shape index (κ3) is 6.23. The smallest absolute Gasteiger partial charge is 0.345 e. The van der Waals surface area contributed by atoms with E-state index in [9.17, 15) is 4.79 Å². The van der Waals surface area contributed by atoms with Crippen LogP contribution in [0.3, 0.4) is 0 Å². The quantitative estimate of drug-likeness (QED) is 0.294. The fraction of sp³-hybridized carbons (Fsp3) is 0.400. The minimum atomic E-state index is -0.846. The van der Waals surface area contributed by atoms with Gasteiger partial charge in [-0.1, -0.05) is 30.0 Å². The molecule has 2 nitrogen and oxygen atoms in total. The highest BCUT2D eigenvalue weighted by Gasteiger charge is 2.33. The molecule has 152 valence electrons. The maximum Gasteiger partial charge on any atom is 0.345 e. The number of halogens is 1. The Morgan fingerprint density at radius 2 is 2.14 bits per heavy atom. The second-order valence-electron chi connectivity index (χ2n) is 7.62. The third-order valence-corrected chi connectivity index (χ3v) is 7.21. The van der Waals surface area contributed by atoms with Crippen LogP contribution in [0.1, 0.15) is 57.8 Å². The maximum absolute atomic E-state index is 11.0. The van der Waals surface area contributed by atoms with Gasteiger partial charge in [0.15, 0.2) is 0 Å². The van der Waals surface area contributed by atoms with E-state index in [1.807, 2.05) is 12.1 Å². The Bertz CT molecular complexity index is 905. The number of carboxylic acids is 1. The van der Waals surface area contributed by atoms with Crippen molar-refractivity contribution in [2.75, 3.05) is 0 Å². The van der Waals surface area contributed by atoms with Gasteiger partial charge in [0.1, 0.15) is 4.88 Å². The lowest BCUT2D eigenvalue weighted by molar-refractivity contribution is 0.0702. The van der Waals surface area contributed by atoms with Gasteiger partial charge in [-0.15, -0.1) is 29.5 Å². The molecule has 0 amide bonds. The van der Waals surface area contributed by atoms with Crippen molar-refractivity contribution in [2.24, 2.45) is 11.8 Å². The Balaban J connectivity index is 1.57. The number of carboxylic acid groups (broad SMARTS) is 1. The van der Waals surface area contributed by atoms with Gasteiger partial charge >= 0.3 is 5.97 Å². The number of rotatable bonds is 8. The van der Waals surface area contributed by atoms with E-state index in [2.05, 4.69) is 42.7 Å². The molecule has 0 radical (unpaired) electrons. The van der Waals surface area contributed by atoms with Gasteiger partial charge in [-0.05, 0) is 80.7 Å². The van der Waals surface area contributed by atoms with E-state index in [-0.39, 0.29) is 5.38 Å². The summed E-state index contributed by atoms with van der Waals surface area (Å²) >= 11 is 7.99. The third-order valence-electron chi connectivity index (χ3n) is 5.53. The summed E-state index contributed by atoms with van der Waals surface area (Å²) in [6, 6.07) is 12.1. The zero-order valence-electron chi connectivity index (χ0n) is 16.6. The van der Waals surface area contributed by atoms with Crippen LogP contribution >= 0.6 is 22.9 Å². The van der Waals surface area contributed by atoms with E-state index in [1.165, 1.54) is 16.9 Å². The van der Waals surface area contributed by atoms with Crippen molar-refractivity contribution < 1.29 is 9.90 Å². The van der Waals surface area contributed by atoms with E-state index in [1.54, 1.807) is 6.07 Å². The Hall–Kier alpha value is -2.02. The van der Waals surface area contributed by atoms with Crippen LogP contribution < -0.4 is 0 Å². The van der Waals surface area contributed by atoms with Crippen molar-refractivity contribution >= 4 is 28.9 Å². The lowest BCUT2D eigenvalue weighted by atomic mass is 9.90. The lowest BCUT2D eigenvalue weighted by Gasteiger charge is -2.17. The molecule has 1 aliphatic carbocycles. The molecule has 0 spiro atoms. The van der Waals surface area contributed by atoms with Gasteiger partial charge in [-0.25, -0.2) is 4.79 Å². The number of benzene rings is 1. The van der Waals surface area contributed by atoms with Crippen molar-refractivity contribution in [3.63, 3.8) is 0 Å². The second-order valence-corrected chi connectivity index (χ2v) is 9.35. The molecule has 1 aliphatic rings. The standard InChI is InChI=1S/C25H27ClO2S/c1-2-3-6-18-7-4-8-19(17-18)11-12-20-13-15-23(26)22(20)10-5-9-21-14-16-24(29-21)25(27)28/h2,4,7-8,14,16-17,20,22-23H,1,3,5-6,9-10,13,15H2,(H,27,28)/t20-,22+,23+/m0/s1. The second kappa shape index (κ2) is 10.7. The highest BCUT2D eigenvalue weighted by Crippen LogP contribution is 2.38. The van der Waals surface area contributed by atoms with Crippen molar-refractivity contribution in [3.8, 4) is 11.8 Å².